The lowest BCUT2D eigenvalue weighted by Gasteiger charge is -2.37. The molecule has 8 aromatic carbocycles. The van der Waals surface area contributed by atoms with Gasteiger partial charge in [-0.05, 0) is 82.0 Å². The molecule has 1 aliphatic rings. The highest BCUT2D eigenvalue weighted by atomic mass is 28.3. The standard InChI is InChI=1S/C56H38N4Si/c1-4-20-40(21-5-1)58-47-30-15-13-28-45(47)54-50(58)33-18-34-51(54)59-48-31-16-12-27-44(48)53-46-29-14-17-32-49(46)60(56(53)59)61(41-22-6-2-7-23-41,42-24-8-3-9-25-42)55-52-39(35-36-57-55)37-38-19-10-11-26-43(38)52/h1-36H,37H2. The minimum atomic E-state index is -3.42. The van der Waals surface area contributed by atoms with E-state index in [1.807, 2.05) is 0 Å². The van der Waals surface area contributed by atoms with Gasteiger partial charge in [0.2, 0.25) is 0 Å². The van der Waals surface area contributed by atoms with Crippen LogP contribution in [-0.2, 0) is 6.42 Å². The Morgan fingerprint density at radius 3 is 1.66 bits per heavy atom. The average molecular weight is 795 g/mol. The van der Waals surface area contributed by atoms with Crippen molar-refractivity contribution in [2.75, 3.05) is 0 Å². The van der Waals surface area contributed by atoms with Crippen LogP contribution in [-0.4, -0.2) is 26.6 Å². The predicted octanol–water partition coefficient (Wildman–Crippen LogP) is 11.3. The van der Waals surface area contributed by atoms with Crippen molar-refractivity contribution in [2.24, 2.45) is 0 Å². The number of rotatable bonds is 6. The van der Waals surface area contributed by atoms with Crippen LogP contribution in [0.5, 0.6) is 0 Å². The van der Waals surface area contributed by atoms with Crippen molar-refractivity contribution in [2.45, 2.75) is 6.42 Å². The van der Waals surface area contributed by atoms with E-state index in [2.05, 4.69) is 232 Å². The third-order valence-corrected chi connectivity index (χ3v) is 17.7. The monoisotopic (exact) mass is 794 g/mol. The first-order valence-corrected chi connectivity index (χ1v) is 23.1. The summed E-state index contributed by atoms with van der Waals surface area (Å²) in [6.45, 7) is 0. The van der Waals surface area contributed by atoms with Gasteiger partial charge in [-0.25, -0.2) is 0 Å². The minimum absolute atomic E-state index is 0.894. The van der Waals surface area contributed by atoms with E-state index < -0.39 is 8.24 Å². The lowest BCUT2D eigenvalue weighted by atomic mass is 10.1. The fraction of sp³-hybridized carbons (Fsp3) is 0.0179. The molecule has 1 aliphatic carbocycles. The molecular weight excluding hydrogens is 757 g/mol. The van der Waals surface area contributed by atoms with Crippen LogP contribution in [0.25, 0.3) is 77.1 Å². The van der Waals surface area contributed by atoms with Gasteiger partial charge in [-0.2, -0.15) is 0 Å². The Bertz CT molecular complexity index is 3630. The summed E-state index contributed by atoms with van der Waals surface area (Å²) in [5.41, 5.74) is 13.5. The van der Waals surface area contributed by atoms with Gasteiger partial charge in [0.1, 0.15) is 5.65 Å². The van der Waals surface area contributed by atoms with Gasteiger partial charge in [0.05, 0.1) is 27.6 Å². The fourth-order valence-corrected chi connectivity index (χ4v) is 15.8. The maximum Gasteiger partial charge on any atom is 0.278 e. The molecule has 0 amide bonds. The van der Waals surface area contributed by atoms with Crippen molar-refractivity contribution < 1.29 is 0 Å². The summed E-state index contributed by atoms with van der Waals surface area (Å²) in [6.07, 6.45) is 2.97. The molecule has 5 heteroatoms. The van der Waals surface area contributed by atoms with E-state index in [1.165, 1.54) is 87.3 Å². The third-order valence-electron chi connectivity index (χ3n) is 13.2. The third kappa shape index (κ3) is 4.66. The van der Waals surface area contributed by atoms with Gasteiger partial charge in [0.15, 0.2) is 0 Å². The number of pyridine rings is 1. The van der Waals surface area contributed by atoms with Crippen LogP contribution >= 0.6 is 0 Å². The van der Waals surface area contributed by atoms with Crippen LogP contribution in [0.1, 0.15) is 11.1 Å². The van der Waals surface area contributed by atoms with Crippen molar-refractivity contribution in [1.82, 2.24) is 18.4 Å². The largest absolute Gasteiger partial charge is 0.340 e. The highest BCUT2D eigenvalue weighted by molar-refractivity contribution is 7.11. The lowest BCUT2D eigenvalue weighted by Crippen LogP contribution is -2.73. The first-order valence-electron chi connectivity index (χ1n) is 21.1. The van der Waals surface area contributed by atoms with E-state index in [0.29, 0.717) is 0 Å². The molecule has 0 radical (unpaired) electrons. The average Bonchev–Trinajstić information content (AvgIpc) is 4.07. The minimum Gasteiger partial charge on any atom is -0.340 e. The Kier molecular flexibility index (Phi) is 7.36. The molecule has 4 nitrogen and oxygen atoms in total. The smallest absolute Gasteiger partial charge is 0.278 e. The zero-order chi connectivity index (χ0) is 40.1. The second kappa shape index (κ2) is 13.1. The van der Waals surface area contributed by atoms with E-state index in [0.717, 1.165) is 23.1 Å². The van der Waals surface area contributed by atoms with Crippen LogP contribution in [0.15, 0.2) is 219 Å². The van der Waals surface area contributed by atoms with Crippen LogP contribution in [0.2, 0.25) is 0 Å². The van der Waals surface area contributed by atoms with Crippen LogP contribution in [0.4, 0.5) is 0 Å². The van der Waals surface area contributed by atoms with Crippen molar-refractivity contribution >= 4 is 78.6 Å². The summed E-state index contributed by atoms with van der Waals surface area (Å²) < 4.78 is 7.81. The van der Waals surface area contributed by atoms with Crippen molar-refractivity contribution in [3.05, 3.63) is 230 Å². The van der Waals surface area contributed by atoms with Gasteiger partial charge < -0.3 is 8.80 Å². The van der Waals surface area contributed by atoms with Crippen molar-refractivity contribution in [3.8, 4) is 22.5 Å². The molecule has 0 bridgehead atoms. The summed E-state index contributed by atoms with van der Waals surface area (Å²) in [5.74, 6) is 0. The molecule has 13 rings (SSSR count). The number of para-hydroxylation sites is 4. The molecule has 0 spiro atoms. The number of benzene rings is 8. The fourth-order valence-electron chi connectivity index (χ4n) is 10.8. The van der Waals surface area contributed by atoms with Gasteiger partial charge in [-0.15, -0.1) is 0 Å². The maximum absolute atomic E-state index is 5.66. The molecule has 4 aromatic heterocycles. The Morgan fingerprint density at radius 1 is 0.410 bits per heavy atom. The molecule has 0 unspecified atom stereocenters. The highest BCUT2D eigenvalue weighted by Gasteiger charge is 2.49. The Balaban J connectivity index is 1.28. The number of fused-ring (bicyclic) bond motifs is 11. The van der Waals surface area contributed by atoms with Crippen LogP contribution in [0, 0.1) is 0 Å². The van der Waals surface area contributed by atoms with E-state index in [9.17, 15) is 0 Å². The van der Waals surface area contributed by atoms with Gasteiger partial charge in [0.25, 0.3) is 8.24 Å². The van der Waals surface area contributed by atoms with Gasteiger partial charge >= 0.3 is 0 Å². The summed E-state index contributed by atoms with van der Waals surface area (Å²) >= 11 is 0. The summed E-state index contributed by atoms with van der Waals surface area (Å²) in [6, 6.07) is 78.5. The van der Waals surface area contributed by atoms with Crippen LogP contribution in [0.3, 0.4) is 0 Å². The van der Waals surface area contributed by atoms with E-state index in [4.69, 9.17) is 4.98 Å². The normalized spacial score (nSPS) is 12.5. The summed E-state index contributed by atoms with van der Waals surface area (Å²) in [5, 5.41) is 9.90. The van der Waals surface area contributed by atoms with Crippen LogP contribution < -0.4 is 15.7 Å². The molecule has 0 aliphatic heterocycles. The Labute approximate surface area is 353 Å². The molecule has 0 fully saturated rings. The molecule has 12 aromatic rings. The van der Waals surface area contributed by atoms with Crippen molar-refractivity contribution in [3.63, 3.8) is 0 Å². The van der Waals surface area contributed by atoms with Crippen molar-refractivity contribution in [1.29, 1.82) is 0 Å². The Morgan fingerprint density at radius 2 is 0.951 bits per heavy atom. The van der Waals surface area contributed by atoms with E-state index in [-0.39, 0.29) is 0 Å². The highest BCUT2D eigenvalue weighted by Crippen LogP contribution is 2.45. The first-order chi connectivity index (χ1) is 30.3. The summed E-state index contributed by atoms with van der Waals surface area (Å²) in [7, 11) is -3.42. The number of nitrogens with zero attached hydrogens (tertiary/aromatic N) is 4. The zero-order valence-corrected chi connectivity index (χ0v) is 34.3. The summed E-state index contributed by atoms with van der Waals surface area (Å²) in [4.78, 5) is 5.66. The Hall–Kier alpha value is -7.73. The zero-order valence-electron chi connectivity index (χ0n) is 33.3. The first kappa shape index (κ1) is 34.2. The predicted molar refractivity (Wildman–Crippen MR) is 256 cm³/mol. The molecule has 0 atom stereocenters. The SMILES string of the molecule is c1ccc(-n2c3ccccc3c3c(-n4c5ccccc5c5c6ccccc6n([Si](c6ccccc6)(c6ccccc6)c6nccc7c6-c6ccccc6C7)c54)cccc32)cc1. The lowest BCUT2D eigenvalue weighted by molar-refractivity contribution is 1.12. The topological polar surface area (TPSA) is 27.7 Å². The number of hydrogen-bond donors (Lipinski definition) is 0. The second-order valence-corrected chi connectivity index (χ2v) is 19.7. The molecular formula is C56H38N4Si. The molecule has 0 N–H and O–H groups in total. The molecule has 0 saturated heterocycles. The van der Waals surface area contributed by atoms with Gasteiger partial charge in [-0.1, -0.05) is 164 Å². The molecule has 4 heterocycles. The quantitative estimate of drug-likeness (QED) is 0.154. The second-order valence-electron chi connectivity index (χ2n) is 16.2. The number of aromatic nitrogens is 4. The van der Waals surface area contributed by atoms with Gasteiger partial charge in [-0.3, -0.25) is 9.55 Å². The molecule has 286 valence electrons. The van der Waals surface area contributed by atoms with E-state index >= 15 is 0 Å². The molecule has 0 saturated carbocycles. The molecule has 61 heavy (non-hydrogen) atoms. The van der Waals surface area contributed by atoms with Gasteiger partial charge in [0, 0.05) is 49.9 Å². The number of hydrogen-bond acceptors (Lipinski definition) is 1. The van der Waals surface area contributed by atoms with E-state index in [1.54, 1.807) is 0 Å². The maximum atomic E-state index is 5.66.